The second kappa shape index (κ2) is 6.37. The highest BCUT2D eigenvalue weighted by Crippen LogP contribution is 2.23. The van der Waals surface area contributed by atoms with Gasteiger partial charge in [-0.2, -0.15) is 0 Å². The van der Waals surface area contributed by atoms with Gasteiger partial charge in [0.05, 0.1) is 0 Å². The zero-order chi connectivity index (χ0) is 15.3. The molecule has 21 heavy (non-hydrogen) atoms. The van der Waals surface area contributed by atoms with Gasteiger partial charge in [-0.05, 0) is 24.7 Å². The van der Waals surface area contributed by atoms with Crippen molar-refractivity contribution < 1.29 is 13.9 Å². The molecule has 2 aromatic rings. The number of hydrogen-bond acceptors (Lipinski definition) is 3. The molecule has 5 heteroatoms. The Bertz CT molecular complexity index is 619. The molecule has 1 atom stereocenters. The van der Waals surface area contributed by atoms with E-state index in [1.54, 1.807) is 31.3 Å². The van der Waals surface area contributed by atoms with E-state index in [2.05, 4.69) is 5.32 Å². The Labute approximate surface area is 122 Å². The van der Waals surface area contributed by atoms with Crippen LogP contribution in [0.2, 0.25) is 0 Å². The predicted molar refractivity (Wildman–Crippen MR) is 78.3 cm³/mol. The fraction of sp³-hybridized carbons (Fsp3) is 0.188. The van der Waals surface area contributed by atoms with Crippen LogP contribution in [0.4, 0.5) is 4.39 Å². The summed E-state index contributed by atoms with van der Waals surface area (Å²) in [5.41, 5.74) is 5.07. The van der Waals surface area contributed by atoms with E-state index in [0.29, 0.717) is 11.3 Å². The molecule has 0 heterocycles. The van der Waals surface area contributed by atoms with Crippen molar-refractivity contribution in [2.24, 2.45) is 5.73 Å². The average molecular weight is 288 g/mol. The third-order valence-electron chi connectivity index (χ3n) is 3.37. The second-order valence-electron chi connectivity index (χ2n) is 4.63. The molecule has 0 fully saturated rings. The van der Waals surface area contributed by atoms with Gasteiger partial charge in [0.2, 0.25) is 5.91 Å². The van der Waals surface area contributed by atoms with Crippen LogP contribution in [0.25, 0.3) is 0 Å². The van der Waals surface area contributed by atoms with E-state index in [-0.39, 0.29) is 6.61 Å². The fourth-order valence-corrected chi connectivity index (χ4v) is 2.11. The van der Waals surface area contributed by atoms with Crippen molar-refractivity contribution in [2.75, 3.05) is 13.7 Å². The molecule has 2 aromatic carbocycles. The maximum Gasteiger partial charge on any atom is 0.245 e. The maximum atomic E-state index is 13.2. The number of carbonyl (C=O) groups excluding carboxylic acids is 1. The minimum Gasteiger partial charge on any atom is -0.491 e. The van der Waals surface area contributed by atoms with Crippen molar-refractivity contribution in [3.05, 3.63) is 66.0 Å². The van der Waals surface area contributed by atoms with Gasteiger partial charge in [-0.3, -0.25) is 10.1 Å². The predicted octanol–water partition coefficient (Wildman–Crippen LogP) is 1.80. The van der Waals surface area contributed by atoms with Crippen molar-refractivity contribution in [2.45, 2.75) is 5.54 Å². The summed E-state index contributed by atoms with van der Waals surface area (Å²) in [4.78, 5) is 11.9. The largest absolute Gasteiger partial charge is 0.491 e. The number of carbonyl (C=O) groups is 1. The monoisotopic (exact) mass is 288 g/mol. The van der Waals surface area contributed by atoms with Crippen LogP contribution in [0.15, 0.2) is 54.6 Å². The lowest BCUT2D eigenvalue weighted by Gasteiger charge is -2.30. The molecule has 110 valence electrons. The number of amides is 1. The van der Waals surface area contributed by atoms with E-state index in [1.165, 1.54) is 12.1 Å². The number of halogens is 1. The zero-order valence-electron chi connectivity index (χ0n) is 11.7. The summed E-state index contributed by atoms with van der Waals surface area (Å²) in [5, 5.41) is 2.92. The Balaban J connectivity index is 2.27. The number of likely N-dealkylation sites (N-methyl/N-ethyl adjacent to an activating group) is 1. The molecule has 0 spiro atoms. The molecular weight excluding hydrogens is 271 g/mol. The number of nitrogens with two attached hydrogens (primary N) is 1. The molecule has 1 unspecified atom stereocenters. The van der Waals surface area contributed by atoms with Crippen molar-refractivity contribution >= 4 is 5.91 Å². The topological polar surface area (TPSA) is 64.3 Å². The first kappa shape index (κ1) is 15.0. The average Bonchev–Trinajstić information content (AvgIpc) is 2.49. The van der Waals surface area contributed by atoms with Crippen LogP contribution in [0, 0.1) is 5.82 Å². The minimum absolute atomic E-state index is 0.0354. The third kappa shape index (κ3) is 3.20. The lowest BCUT2D eigenvalue weighted by Crippen LogP contribution is -2.55. The van der Waals surface area contributed by atoms with Crippen LogP contribution in [0.3, 0.4) is 0 Å². The molecule has 0 aliphatic heterocycles. The summed E-state index contributed by atoms with van der Waals surface area (Å²) in [5.74, 6) is -0.624. The molecule has 0 bridgehead atoms. The first-order valence-electron chi connectivity index (χ1n) is 6.51. The van der Waals surface area contributed by atoms with Gasteiger partial charge in [-0.15, -0.1) is 0 Å². The van der Waals surface area contributed by atoms with Crippen molar-refractivity contribution in [1.82, 2.24) is 5.32 Å². The molecule has 2 rings (SSSR count). The van der Waals surface area contributed by atoms with Crippen molar-refractivity contribution in [1.29, 1.82) is 0 Å². The molecule has 0 aliphatic carbocycles. The van der Waals surface area contributed by atoms with E-state index >= 15 is 0 Å². The lowest BCUT2D eigenvalue weighted by atomic mass is 9.90. The van der Waals surface area contributed by atoms with Crippen molar-refractivity contribution in [3.63, 3.8) is 0 Å². The second-order valence-corrected chi connectivity index (χ2v) is 4.63. The standard InChI is InChI=1S/C16H17FN2O2/c1-19-16(15(18)20,12-6-3-2-4-7-12)11-21-14-9-5-8-13(17)10-14/h2-10,19H,11H2,1H3,(H2,18,20). The van der Waals surface area contributed by atoms with Gasteiger partial charge in [0.1, 0.15) is 18.2 Å². The van der Waals surface area contributed by atoms with Gasteiger partial charge in [0.25, 0.3) is 0 Å². The Hall–Kier alpha value is -2.40. The van der Waals surface area contributed by atoms with Crippen LogP contribution in [-0.2, 0) is 10.3 Å². The van der Waals surface area contributed by atoms with E-state index in [4.69, 9.17) is 10.5 Å². The summed E-state index contributed by atoms with van der Waals surface area (Å²) < 4.78 is 18.7. The van der Waals surface area contributed by atoms with E-state index in [1.807, 2.05) is 18.2 Å². The number of benzene rings is 2. The number of nitrogens with one attached hydrogen (secondary N) is 1. The van der Waals surface area contributed by atoms with Crippen LogP contribution in [0.5, 0.6) is 5.75 Å². The molecule has 0 saturated carbocycles. The molecule has 1 amide bonds. The highest BCUT2D eigenvalue weighted by Gasteiger charge is 2.38. The highest BCUT2D eigenvalue weighted by atomic mass is 19.1. The van der Waals surface area contributed by atoms with Gasteiger partial charge in [-0.25, -0.2) is 4.39 Å². The van der Waals surface area contributed by atoms with Crippen molar-refractivity contribution in [3.8, 4) is 5.75 Å². The maximum absolute atomic E-state index is 13.2. The van der Waals surface area contributed by atoms with E-state index in [9.17, 15) is 9.18 Å². The Kier molecular flexibility index (Phi) is 4.55. The summed E-state index contributed by atoms with van der Waals surface area (Å²) in [6.07, 6.45) is 0. The number of rotatable bonds is 6. The van der Waals surface area contributed by atoms with Crippen LogP contribution < -0.4 is 15.8 Å². The van der Waals surface area contributed by atoms with Gasteiger partial charge < -0.3 is 10.5 Å². The smallest absolute Gasteiger partial charge is 0.245 e. The summed E-state index contributed by atoms with van der Waals surface area (Å²) in [6.45, 7) is -0.0354. The first-order valence-corrected chi connectivity index (χ1v) is 6.51. The van der Waals surface area contributed by atoms with Crippen LogP contribution in [0.1, 0.15) is 5.56 Å². The molecular formula is C16H17FN2O2. The Morgan fingerprint density at radius 2 is 1.95 bits per heavy atom. The van der Waals surface area contributed by atoms with Gasteiger partial charge in [0.15, 0.2) is 5.54 Å². The number of primary amides is 1. The SMILES string of the molecule is CNC(COc1cccc(F)c1)(C(N)=O)c1ccccc1. The Morgan fingerprint density at radius 3 is 2.52 bits per heavy atom. The summed E-state index contributed by atoms with van der Waals surface area (Å²) >= 11 is 0. The quantitative estimate of drug-likeness (QED) is 0.852. The van der Waals surface area contributed by atoms with E-state index < -0.39 is 17.3 Å². The van der Waals surface area contributed by atoms with Gasteiger partial charge in [-0.1, -0.05) is 36.4 Å². The first-order chi connectivity index (χ1) is 10.1. The number of hydrogen-bond donors (Lipinski definition) is 2. The van der Waals surface area contributed by atoms with Gasteiger partial charge in [0, 0.05) is 6.07 Å². The number of ether oxygens (including phenoxy) is 1. The molecule has 0 radical (unpaired) electrons. The van der Waals surface area contributed by atoms with Crippen LogP contribution >= 0.6 is 0 Å². The minimum atomic E-state index is -1.17. The normalized spacial score (nSPS) is 13.4. The molecule has 3 N–H and O–H groups in total. The molecule has 0 aliphatic rings. The highest BCUT2D eigenvalue weighted by molar-refractivity contribution is 5.86. The van der Waals surface area contributed by atoms with E-state index in [0.717, 1.165) is 0 Å². The van der Waals surface area contributed by atoms with Gasteiger partial charge >= 0.3 is 0 Å². The summed E-state index contributed by atoms with van der Waals surface area (Å²) in [7, 11) is 1.63. The Morgan fingerprint density at radius 1 is 1.24 bits per heavy atom. The van der Waals surface area contributed by atoms with Crippen LogP contribution in [-0.4, -0.2) is 19.6 Å². The lowest BCUT2D eigenvalue weighted by molar-refractivity contribution is -0.125. The fourth-order valence-electron chi connectivity index (χ4n) is 2.11. The molecule has 0 aromatic heterocycles. The molecule has 0 saturated heterocycles. The third-order valence-corrected chi connectivity index (χ3v) is 3.37. The summed E-state index contributed by atoms with van der Waals surface area (Å²) in [6, 6.07) is 14.8. The zero-order valence-corrected chi connectivity index (χ0v) is 11.7. The molecule has 4 nitrogen and oxygen atoms in total.